The summed E-state index contributed by atoms with van der Waals surface area (Å²) >= 11 is 0. The van der Waals surface area contributed by atoms with E-state index in [1.807, 2.05) is 0 Å². The molecule has 0 bridgehead atoms. The molecule has 5 heteroatoms. The Kier molecular flexibility index (Phi) is 4.62. The van der Waals surface area contributed by atoms with Crippen LogP contribution in [0.4, 0.5) is 13.2 Å². The standard InChI is InChI=1S/C16H13F3O2/c1-10-6-7-12(17)8-11(10)9-14(20)13-4-2-3-5-15(13)21-16(18)19/h2-8,16H,9H2,1H3. The van der Waals surface area contributed by atoms with Crippen LogP contribution in [0, 0.1) is 12.7 Å². The molecule has 21 heavy (non-hydrogen) atoms. The zero-order valence-corrected chi connectivity index (χ0v) is 11.3. The Labute approximate surface area is 120 Å². The van der Waals surface area contributed by atoms with Gasteiger partial charge in [0, 0.05) is 6.42 Å². The van der Waals surface area contributed by atoms with Crippen LogP contribution in [-0.2, 0) is 6.42 Å². The Morgan fingerprint density at radius 1 is 1.19 bits per heavy atom. The van der Waals surface area contributed by atoms with E-state index in [1.165, 1.54) is 30.3 Å². The summed E-state index contributed by atoms with van der Waals surface area (Å²) in [7, 11) is 0. The lowest BCUT2D eigenvalue weighted by Gasteiger charge is -2.10. The lowest BCUT2D eigenvalue weighted by Crippen LogP contribution is -2.10. The average Bonchev–Trinajstić information content (AvgIpc) is 2.42. The van der Waals surface area contributed by atoms with Crippen LogP contribution in [0.5, 0.6) is 5.75 Å². The normalized spacial score (nSPS) is 10.7. The van der Waals surface area contributed by atoms with E-state index in [4.69, 9.17) is 0 Å². The number of para-hydroxylation sites is 1. The molecule has 0 atom stereocenters. The van der Waals surface area contributed by atoms with Crippen molar-refractivity contribution in [3.05, 3.63) is 65.0 Å². The van der Waals surface area contributed by atoms with Gasteiger partial charge in [-0.1, -0.05) is 18.2 Å². The van der Waals surface area contributed by atoms with Gasteiger partial charge in [-0.05, 0) is 42.3 Å². The molecular weight excluding hydrogens is 281 g/mol. The maximum atomic E-state index is 13.2. The average molecular weight is 294 g/mol. The molecule has 2 aromatic rings. The highest BCUT2D eigenvalue weighted by Crippen LogP contribution is 2.23. The first-order valence-electron chi connectivity index (χ1n) is 6.29. The highest BCUT2D eigenvalue weighted by Gasteiger charge is 2.16. The molecule has 0 aliphatic heterocycles. The predicted molar refractivity (Wildman–Crippen MR) is 72.2 cm³/mol. The first-order valence-corrected chi connectivity index (χ1v) is 6.29. The molecule has 0 saturated carbocycles. The Hall–Kier alpha value is -2.30. The number of benzene rings is 2. The number of hydrogen-bond donors (Lipinski definition) is 0. The van der Waals surface area contributed by atoms with Crippen molar-refractivity contribution in [2.45, 2.75) is 20.0 Å². The minimum atomic E-state index is -3.00. The molecule has 0 radical (unpaired) electrons. The monoisotopic (exact) mass is 294 g/mol. The molecular formula is C16H13F3O2. The van der Waals surface area contributed by atoms with Gasteiger partial charge in [0.15, 0.2) is 5.78 Å². The Balaban J connectivity index is 2.26. The van der Waals surface area contributed by atoms with Gasteiger partial charge < -0.3 is 4.74 Å². The summed E-state index contributed by atoms with van der Waals surface area (Å²) in [5, 5.41) is 0. The molecule has 0 aliphatic rings. The minimum Gasteiger partial charge on any atom is -0.434 e. The van der Waals surface area contributed by atoms with Crippen molar-refractivity contribution in [3.8, 4) is 5.75 Å². The van der Waals surface area contributed by atoms with E-state index >= 15 is 0 Å². The van der Waals surface area contributed by atoms with Crippen LogP contribution in [0.1, 0.15) is 21.5 Å². The van der Waals surface area contributed by atoms with Crippen molar-refractivity contribution >= 4 is 5.78 Å². The Bertz CT molecular complexity index is 654. The molecule has 0 aromatic heterocycles. The molecule has 0 amide bonds. The number of carbonyl (C=O) groups is 1. The largest absolute Gasteiger partial charge is 0.434 e. The molecule has 0 unspecified atom stereocenters. The summed E-state index contributed by atoms with van der Waals surface area (Å²) in [4.78, 5) is 12.2. The number of aryl methyl sites for hydroxylation is 1. The van der Waals surface area contributed by atoms with Crippen LogP contribution in [-0.4, -0.2) is 12.4 Å². The van der Waals surface area contributed by atoms with Gasteiger partial charge in [0.25, 0.3) is 0 Å². The van der Waals surface area contributed by atoms with E-state index in [9.17, 15) is 18.0 Å². The van der Waals surface area contributed by atoms with Crippen LogP contribution in [0.3, 0.4) is 0 Å². The maximum Gasteiger partial charge on any atom is 0.387 e. The molecule has 0 heterocycles. The van der Waals surface area contributed by atoms with Crippen LogP contribution in [0.25, 0.3) is 0 Å². The topological polar surface area (TPSA) is 26.3 Å². The summed E-state index contributed by atoms with van der Waals surface area (Å²) in [5.41, 5.74) is 1.34. The lowest BCUT2D eigenvalue weighted by molar-refractivity contribution is -0.0501. The zero-order chi connectivity index (χ0) is 15.4. The van der Waals surface area contributed by atoms with Gasteiger partial charge >= 0.3 is 6.61 Å². The highest BCUT2D eigenvalue weighted by atomic mass is 19.3. The van der Waals surface area contributed by atoms with E-state index in [0.29, 0.717) is 5.56 Å². The first kappa shape index (κ1) is 15.1. The van der Waals surface area contributed by atoms with Crippen molar-refractivity contribution in [2.75, 3.05) is 0 Å². The van der Waals surface area contributed by atoms with Crippen molar-refractivity contribution in [2.24, 2.45) is 0 Å². The van der Waals surface area contributed by atoms with Crippen molar-refractivity contribution in [3.63, 3.8) is 0 Å². The zero-order valence-electron chi connectivity index (χ0n) is 11.3. The van der Waals surface area contributed by atoms with Crippen LogP contribution in [0.15, 0.2) is 42.5 Å². The fraction of sp³-hybridized carbons (Fsp3) is 0.188. The summed E-state index contributed by atoms with van der Waals surface area (Å²) in [6.07, 6.45) is -0.0762. The van der Waals surface area contributed by atoms with E-state index in [1.54, 1.807) is 19.1 Å². The van der Waals surface area contributed by atoms with Crippen molar-refractivity contribution in [1.82, 2.24) is 0 Å². The third kappa shape index (κ3) is 3.84. The van der Waals surface area contributed by atoms with Gasteiger partial charge in [-0.2, -0.15) is 8.78 Å². The van der Waals surface area contributed by atoms with Crippen LogP contribution in [0.2, 0.25) is 0 Å². The third-order valence-corrected chi connectivity index (χ3v) is 3.07. The lowest BCUT2D eigenvalue weighted by atomic mass is 9.99. The van der Waals surface area contributed by atoms with Crippen molar-refractivity contribution < 1.29 is 22.7 Å². The van der Waals surface area contributed by atoms with E-state index in [-0.39, 0.29) is 17.7 Å². The molecule has 0 fully saturated rings. The molecule has 0 N–H and O–H groups in total. The number of alkyl halides is 2. The second-order valence-electron chi connectivity index (χ2n) is 4.55. The molecule has 2 nitrogen and oxygen atoms in total. The quantitative estimate of drug-likeness (QED) is 0.774. The summed E-state index contributed by atoms with van der Waals surface area (Å²) in [5.74, 6) is -1.02. The van der Waals surface area contributed by atoms with Gasteiger partial charge in [-0.15, -0.1) is 0 Å². The fourth-order valence-corrected chi connectivity index (χ4v) is 1.99. The van der Waals surface area contributed by atoms with Crippen LogP contribution < -0.4 is 4.74 Å². The van der Waals surface area contributed by atoms with E-state index in [2.05, 4.69) is 4.74 Å². The molecule has 0 saturated heterocycles. The van der Waals surface area contributed by atoms with Gasteiger partial charge in [-0.3, -0.25) is 4.79 Å². The van der Waals surface area contributed by atoms with E-state index in [0.717, 1.165) is 5.56 Å². The Morgan fingerprint density at radius 2 is 1.90 bits per heavy atom. The number of ether oxygens (including phenoxy) is 1. The second kappa shape index (κ2) is 6.43. The van der Waals surface area contributed by atoms with Gasteiger partial charge in [0.1, 0.15) is 11.6 Å². The molecule has 2 rings (SSSR count). The molecule has 2 aromatic carbocycles. The Morgan fingerprint density at radius 3 is 2.62 bits per heavy atom. The highest BCUT2D eigenvalue weighted by molar-refractivity contribution is 6.00. The number of rotatable bonds is 5. The SMILES string of the molecule is Cc1ccc(F)cc1CC(=O)c1ccccc1OC(F)F. The molecule has 0 spiro atoms. The third-order valence-electron chi connectivity index (χ3n) is 3.07. The minimum absolute atomic E-state index is 0.0569. The summed E-state index contributed by atoms with van der Waals surface area (Å²) < 4.78 is 42.2. The molecule has 0 aliphatic carbocycles. The summed E-state index contributed by atoms with van der Waals surface area (Å²) in [6.45, 7) is -1.25. The van der Waals surface area contributed by atoms with Crippen LogP contribution >= 0.6 is 0 Å². The summed E-state index contributed by atoms with van der Waals surface area (Å²) in [6, 6.07) is 9.92. The van der Waals surface area contributed by atoms with Gasteiger partial charge in [0.05, 0.1) is 5.56 Å². The van der Waals surface area contributed by atoms with Gasteiger partial charge in [-0.25, -0.2) is 4.39 Å². The predicted octanol–water partition coefficient (Wildman–Crippen LogP) is 4.16. The van der Waals surface area contributed by atoms with Crippen molar-refractivity contribution in [1.29, 1.82) is 0 Å². The smallest absolute Gasteiger partial charge is 0.387 e. The molecule has 110 valence electrons. The van der Waals surface area contributed by atoms with E-state index < -0.39 is 18.2 Å². The number of halogens is 3. The number of ketones is 1. The first-order chi connectivity index (χ1) is 9.97. The fourth-order valence-electron chi connectivity index (χ4n) is 1.99. The number of carbonyl (C=O) groups excluding carboxylic acids is 1. The number of hydrogen-bond acceptors (Lipinski definition) is 2. The number of Topliss-reactive ketones (excluding diaryl/α,β-unsaturated/α-hetero) is 1. The second-order valence-corrected chi connectivity index (χ2v) is 4.55. The maximum absolute atomic E-state index is 13.2. The van der Waals surface area contributed by atoms with Gasteiger partial charge in [0.2, 0.25) is 0 Å².